The minimum Gasteiger partial charge on any atom is -0.268 e. The van der Waals surface area contributed by atoms with Crippen molar-refractivity contribution in [3.63, 3.8) is 0 Å². The summed E-state index contributed by atoms with van der Waals surface area (Å²) in [6, 6.07) is 5.07. The highest BCUT2D eigenvalue weighted by atomic mass is 35.5. The monoisotopic (exact) mass is 255 g/mol. The quantitative estimate of drug-likeness (QED) is 0.839. The maximum atomic E-state index is 11.7. The summed E-state index contributed by atoms with van der Waals surface area (Å²) in [5, 5.41) is 0.431. The first-order chi connectivity index (χ1) is 7.66. The van der Waals surface area contributed by atoms with Gasteiger partial charge in [0.25, 0.3) is 5.91 Å². The summed E-state index contributed by atoms with van der Waals surface area (Å²) < 4.78 is 1.53. The lowest BCUT2D eigenvalue weighted by Gasteiger charge is -2.06. The summed E-state index contributed by atoms with van der Waals surface area (Å²) in [6.45, 7) is 0. The molecule has 0 saturated carbocycles. The molecule has 0 aromatic carbocycles. The standard InChI is InChI=1S/C10H7Cl2N3O/c11-8-5-7(6-13-9(8)12)10(16)14-15-3-1-2-4-15/h1-6H,(H,14,16). The lowest BCUT2D eigenvalue weighted by Crippen LogP contribution is -2.21. The number of amides is 1. The van der Waals surface area contributed by atoms with Gasteiger partial charge in [-0.2, -0.15) is 0 Å². The van der Waals surface area contributed by atoms with E-state index in [1.54, 1.807) is 24.5 Å². The SMILES string of the molecule is O=C(Nn1cccc1)c1cnc(Cl)c(Cl)c1. The molecule has 0 atom stereocenters. The fraction of sp³-hybridized carbons (Fsp3) is 0. The van der Waals surface area contributed by atoms with Crippen molar-refractivity contribution in [1.29, 1.82) is 0 Å². The van der Waals surface area contributed by atoms with Gasteiger partial charge in [-0.25, -0.2) is 4.98 Å². The fourth-order valence-electron chi connectivity index (χ4n) is 1.14. The van der Waals surface area contributed by atoms with Gasteiger partial charge in [-0.15, -0.1) is 0 Å². The summed E-state index contributed by atoms with van der Waals surface area (Å²) in [5.74, 6) is -0.303. The number of halogens is 2. The second-order valence-corrected chi connectivity index (χ2v) is 3.79. The van der Waals surface area contributed by atoms with Crippen molar-refractivity contribution in [2.24, 2.45) is 0 Å². The highest BCUT2D eigenvalue weighted by Gasteiger charge is 2.08. The van der Waals surface area contributed by atoms with Crippen LogP contribution in [0.15, 0.2) is 36.8 Å². The van der Waals surface area contributed by atoms with E-state index >= 15 is 0 Å². The van der Waals surface area contributed by atoms with E-state index in [2.05, 4.69) is 10.4 Å². The predicted octanol–water partition coefficient (Wildman–Crippen LogP) is 2.57. The van der Waals surface area contributed by atoms with Crippen LogP contribution in [-0.4, -0.2) is 15.6 Å². The van der Waals surface area contributed by atoms with Gasteiger partial charge < -0.3 is 0 Å². The van der Waals surface area contributed by atoms with E-state index in [0.29, 0.717) is 5.56 Å². The second kappa shape index (κ2) is 4.55. The lowest BCUT2D eigenvalue weighted by atomic mass is 10.3. The van der Waals surface area contributed by atoms with Crippen molar-refractivity contribution in [2.45, 2.75) is 0 Å². The summed E-state index contributed by atoms with van der Waals surface area (Å²) in [7, 11) is 0. The van der Waals surface area contributed by atoms with Crippen LogP contribution in [0.3, 0.4) is 0 Å². The zero-order valence-electron chi connectivity index (χ0n) is 8.02. The molecule has 0 fully saturated rings. The summed E-state index contributed by atoms with van der Waals surface area (Å²) >= 11 is 11.4. The number of nitrogens with one attached hydrogen (secondary N) is 1. The van der Waals surface area contributed by atoms with Crippen LogP contribution in [0, 0.1) is 0 Å². The molecular weight excluding hydrogens is 249 g/mol. The topological polar surface area (TPSA) is 46.9 Å². The number of hydrogen-bond donors (Lipinski definition) is 1. The number of rotatable bonds is 2. The van der Waals surface area contributed by atoms with Crippen LogP contribution < -0.4 is 5.43 Å². The molecule has 4 nitrogen and oxygen atoms in total. The average molecular weight is 256 g/mol. The van der Waals surface area contributed by atoms with Gasteiger partial charge in [0.15, 0.2) is 0 Å². The molecule has 0 aliphatic heterocycles. The Morgan fingerprint density at radius 2 is 2.00 bits per heavy atom. The Morgan fingerprint density at radius 3 is 2.62 bits per heavy atom. The van der Waals surface area contributed by atoms with E-state index in [0.717, 1.165) is 0 Å². The molecule has 0 radical (unpaired) electrons. The molecule has 0 aliphatic carbocycles. The van der Waals surface area contributed by atoms with Gasteiger partial charge in [-0.1, -0.05) is 23.2 Å². The van der Waals surface area contributed by atoms with Gasteiger partial charge in [-0.3, -0.25) is 14.9 Å². The van der Waals surface area contributed by atoms with Crippen LogP contribution in [0.2, 0.25) is 10.2 Å². The Kier molecular flexibility index (Phi) is 3.12. The fourth-order valence-corrected chi connectivity index (χ4v) is 1.41. The van der Waals surface area contributed by atoms with Crippen molar-refractivity contribution in [3.8, 4) is 0 Å². The Morgan fingerprint density at radius 1 is 1.31 bits per heavy atom. The minimum atomic E-state index is -0.303. The third-order valence-electron chi connectivity index (χ3n) is 1.89. The highest BCUT2D eigenvalue weighted by molar-refractivity contribution is 6.41. The van der Waals surface area contributed by atoms with Crippen molar-refractivity contribution < 1.29 is 4.79 Å². The minimum absolute atomic E-state index is 0.180. The van der Waals surface area contributed by atoms with Crippen LogP contribution >= 0.6 is 23.2 Å². The Labute approximate surface area is 102 Å². The molecule has 2 heterocycles. The molecule has 2 aromatic rings. The van der Waals surface area contributed by atoms with Gasteiger partial charge >= 0.3 is 0 Å². The van der Waals surface area contributed by atoms with Crippen molar-refractivity contribution in [3.05, 3.63) is 52.5 Å². The van der Waals surface area contributed by atoms with E-state index in [9.17, 15) is 4.79 Å². The number of aromatic nitrogens is 2. The number of nitrogens with zero attached hydrogens (tertiary/aromatic N) is 2. The van der Waals surface area contributed by atoms with Gasteiger partial charge in [-0.05, 0) is 18.2 Å². The third-order valence-corrected chi connectivity index (χ3v) is 2.58. The van der Waals surface area contributed by atoms with Crippen molar-refractivity contribution in [1.82, 2.24) is 9.66 Å². The van der Waals surface area contributed by atoms with Gasteiger partial charge in [0.2, 0.25) is 0 Å². The maximum Gasteiger partial charge on any atom is 0.271 e. The molecule has 0 unspecified atom stereocenters. The molecule has 16 heavy (non-hydrogen) atoms. The first-order valence-electron chi connectivity index (χ1n) is 4.42. The largest absolute Gasteiger partial charge is 0.271 e. The first kappa shape index (κ1) is 11.0. The molecular formula is C10H7Cl2N3O. The van der Waals surface area contributed by atoms with Crippen LogP contribution in [0.4, 0.5) is 0 Å². The molecule has 0 saturated heterocycles. The van der Waals surface area contributed by atoms with Gasteiger partial charge in [0.05, 0.1) is 10.6 Å². The summed E-state index contributed by atoms with van der Waals surface area (Å²) in [6.07, 6.45) is 4.79. The molecule has 0 aliphatic rings. The number of carbonyl (C=O) groups excluding carboxylic acids is 1. The molecule has 1 amide bonds. The molecule has 1 N–H and O–H groups in total. The molecule has 6 heteroatoms. The zero-order chi connectivity index (χ0) is 11.5. The zero-order valence-corrected chi connectivity index (χ0v) is 9.53. The summed E-state index contributed by atoms with van der Waals surface area (Å²) in [5.41, 5.74) is 2.97. The number of carbonyl (C=O) groups is 1. The van der Waals surface area contributed by atoms with Crippen LogP contribution in [0.25, 0.3) is 0 Å². The normalized spacial score (nSPS) is 10.1. The Hall–Kier alpha value is -1.52. The maximum absolute atomic E-state index is 11.7. The third kappa shape index (κ3) is 2.35. The van der Waals surface area contributed by atoms with E-state index in [-0.39, 0.29) is 16.1 Å². The van der Waals surface area contributed by atoms with Crippen LogP contribution in [0.1, 0.15) is 10.4 Å². The van der Waals surface area contributed by atoms with E-state index in [1.165, 1.54) is 16.9 Å². The Bertz CT molecular complexity index is 511. The van der Waals surface area contributed by atoms with E-state index in [4.69, 9.17) is 23.2 Å². The van der Waals surface area contributed by atoms with Gasteiger partial charge in [0.1, 0.15) is 5.15 Å². The van der Waals surface area contributed by atoms with Crippen molar-refractivity contribution >= 4 is 29.1 Å². The molecule has 0 bridgehead atoms. The molecule has 2 aromatic heterocycles. The molecule has 0 spiro atoms. The van der Waals surface area contributed by atoms with Crippen LogP contribution in [0.5, 0.6) is 0 Å². The lowest BCUT2D eigenvalue weighted by molar-refractivity contribution is 0.101. The van der Waals surface area contributed by atoms with Crippen molar-refractivity contribution in [2.75, 3.05) is 5.43 Å². The highest BCUT2D eigenvalue weighted by Crippen LogP contribution is 2.19. The number of pyridine rings is 1. The van der Waals surface area contributed by atoms with E-state index < -0.39 is 0 Å². The summed E-state index contributed by atoms with van der Waals surface area (Å²) in [4.78, 5) is 15.5. The van der Waals surface area contributed by atoms with Gasteiger partial charge in [0, 0.05) is 18.6 Å². The van der Waals surface area contributed by atoms with Crippen LogP contribution in [-0.2, 0) is 0 Å². The first-order valence-corrected chi connectivity index (χ1v) is 5.18. The Balaban J connectivity index is 2.18. The predicted molar refractivity (Wildman–Crippen MR) is 62.4 cm³/mol. The smallest absolute Gasteiger partial charge is 0.268 e. The van der Waals surface area contributed by atoms with E-state index in [1.807, 2.05) is 0 Å². The molecule has 2 rings (SSSR count). The molecule has 82 valence electrons. The number of hydrogen-bond acceptors (Lipinski definition) is 2. The second-order valence-electron chi connectivity index (χ2n) is 3.03. The average Bonchev–Trinajstić information content (AvgIpc) is 2.74.